The number of carbonyl (C=O) groups is 1. The van der Waals surface area contributed by atoms with Gasteiger partial charge in [0, 0.05) is 13.6 Å². The first kappa shape index (κ1) is 15.8. The zero-order chi connectivity index (χ0) is 15.5. The van der Waals surface area contributed by atoms with Crippen LogP contribution in [0.15, 0.2) is 0 Å². The molecule has 1 amide bonds. The van der Waals surface area contributed by atoms with Crippen molar-refractivity contribution in [3.8, 4) is 5.75 Å². The van der Waals surface area contributed by atoms with E-state index >= 15 is 0 Å². The third kappa shape index (κ3) is 3.97. The lowest BCUT2D eigenvalue weighted by molar-refractivity contribution is -0.124. The third-order valence-electron chi connectivity index (χ3n) is 4.19. The number of hydrogen-bond donors (Lipinski definition) is 2. The Bertz CT molecular complexity index is 505. The molecular weight excluding hydrogens is 270 g/mol. The van der Waals surface area contributed by atoms with Gasteiger partial charge in [0.1, 0.15) is 5.69 Å². The van der Waals surface area contributed by atoms with E-state index in [1.807, 2.05) is 20.9 Å². The lowest BCUT2D eigenvalue weighted by Gasteiger charge is -2.32. The molecule has 0 saturated heterocycles. The zero-order valence-electron chi connectivity index (χ0n) is 13.1. The minimum atomic E-state index is -0.742. The molecule has 6 heteroatoms. The van der Waals surface area contributed by atoms with E-state index in [1.54, 1.807) is 4.68 Å². The highest BCUT2D eigenvalue weighted by molar-refractivity contribution is 5.77. The van der Waals surface area contributed by atoms with Crippen LogP contribution in [0.2, 0.25) is 0 Å². The van der Waals surface area contributed by atoms with Gasteiger partial charge in [0.15, 0.2) is 12.4 Å². The summed E-state index contributed by atoms with van der Waals surface area (Å²) in [7, 11) is 1.84. The summed E-state index contributed by atoms with van der Waals surface area (Å²) in [6.45, 7) is 4.01. The van der Waals surface area contributed by atoms with Gasteiger partial charge in [0.25, 0.3) is 5.91 Å². The van der Waals surface area contributed by atoms with Gasteiger partial charge < -0.3 is 15.2 Å². The lowest BCUT2D eigenvalue weighted by atomic mass is 9.85. The van der Waals surface area contributed by atoms with E-state index in [2.05, 4.69) is 10.4 Å². The number of aliphatic hydroxyl groups is 1. The molecule has 1 aromatic rings. The number of nitrogens with one attached hydrogen (secondary N) is 1. The molecule has 1 fully saturated rings. The maximum absolute atomic E-state index is 11.9. The first-order valence-corrected chi connectivity index (χ1v) is 7.53. The number of carbonyl (C=O) groups excluding carboxylic acids is 1. The Balaban J connectivity index is 1.79. The van der Waals surface area contributed by atoms with E-state index < -0.39 is 5.60 Å². The highest BCUT2D eigenvalue weighted by Crippen LogP contribution is 2.27. The van der Waals surface area contributed by atoms with E-state index in [0.29, 0.717) is 12.3 Å². The summed E-state index contributed by atoms with van der Waals surface area (Å²) in [6, 6.07) is 0. The maximum atomic E-state index is 11.9. The molecule has 0 bridgehead atoms. The Morgan fingerprint density at radius 1 is 1.38 bits per heavy atom. The van der Waals surface area contributed by atoms with Crippen molar-refractivity contribution in [1.82, 2.24) is 15.1 Å². The van der Waals surface area contributed by atoms with E-state index in [9.17, 15) is 9.90 Å². The fourth-order valence-electron chi connectivity index (χ4n) is 2.80. The number of amides is 1. The van der Waals surface area contributed by atoms with Crippen LogP contribution in [0.25, 0.3) is 0 Å². The Morgan fingerprint density at radius 3 is 2.62 bits per heavy atom. The molecule has 0 radical (unpaired) electrons. The topological polar surface area (TPSA) is 76.4 Å². The maximum Gasteiger partial charge on any atom is 0.258 e. The fourth-order valence-corrected chi connectivity index (χ4v) is 2.80. The molecule has 118 valence electrons. The Morgan fingerprint density at radius 2 is 2.05 bits per heavy atom. The van der Waals surface area contributed by atoms with Crippen molar-refractivity contribution in [1.29, 1.82) is 0 Å². The van der Waals surface area contributed by atoms with Gasteiger partial charge in [-0.3, -0.25) is 9.48 Å². The number of ether oxygens (including phenoxy) is 1. The van der Waals surface area contributed by atoms with Gasteiger partial charge in [-0.05, 0) is 26.7 Å². The van der Waals surface area contributed by atoms with E-state index in [0.717, 1.165) is 37.1 Å². The van der Waals surface area contributed by atoms with E-state index in [-0.39, 0.29) is 12.5 Å². The van der Waals surface area contributed by atoms with Gasteiger partial charge >= 0.3 is 0 Å². The standard InChI is InChI=1S/C15H25N3O3/c1-11-14(12(2)18(3)17-11)21-9-13(19)16-10-15(20)7-5-4-6-8-15/h20H,4-10H2,1-3H3,(H,16,19). The largest absolute Gasteiger partial charge is 0.480 e. The van der Waals surface area contributed by atoms with Crippen molar-refractivity contribution in [2.45, 2.75) is 51.6 Å². The number of hydrogen-bond acceptors (Lipinski definition) is 4. The summed E-state index contributed by atoms with van der Waals surface area (Å²) in [5, 5.41) is 17.3. The molecule has 2 N–H and O–H groups in total. The molecular formula is C15H25N3O3. The summed E-state index contributed by atoms with van der Waals surface area (Å²) in [5.74, 6) is 0.445. The predicted molar refractivity (Wildman–Crippen MR) is 79.2 cm³/mol. The fraction of sp³-hybridized carbons (Fsp3) is 0.733. The minimum absolute atomic E-state index is 0.0521. The van der Waals surface area contributed by atoms with Crippen LogP contribution >= 0.6 is 0 Å². The average molecular weight is 295 g/mol. The van der Waals surface area contributed by atoms with Crippen molar-refractivity contribution in [3.05, 3.63) is 11.4 Å². The van der Waals surface area contributed by atoms with Crippen molar-refractivity contribution in [2.75, 3.05) is 13.2 Å². The van der Waals surface area contributed by atoms with Crippen LogP contribution < -0.4 is 10.1 Å². The highest BCUT2D eigenvalue weighted by atomic mass is 16.5. The van der Waals surface area contributed by atoms with Crippen LogP contribution in [0.1, 0.15) is 43.5 Å². The van der Waals surface area contributed by atoms with Gasteiger partial charge in [0.2, 0.25) is 0 Å². The predicted octanol–water partition coefficient (Wildman–Crippen LogP) is 1.23. The third-order valence-corrected chi connectivity index (χ3v) is 4.19. The highest BCUT2D eigenvalue weighted by Gasteiger charge is 2.29. The SMILES string of the molecule is Cc1nn(C)c(C)c1OCC(=O)NCC1(O)CCCCC1. The lowest BCUT2D eigenvalue weighted by Crippen LogP contribution is -2.45. The molecule has 21 heavy (non-hydrogen) atoms. The molecule has 1 heterocycles. The van der Waals surface area contributed by atoms with E-state index in [1.165, 1.54) is 6.42 Å². The second kappa shape index (κ2) is 6.47. The van der Waals surface area contributed by atoms with Gasteiger partial charge in [0.05, 0.1) is 11.3 Å². The van der Waals surface area contributed by atoms with Gasteiger partial charge in [-0.2, -0.15) is 5.10 Å². The molecule has 6 nitrogen and oxygen atoms in total. The van der Waals surface area contributed by atoms with Gasteiger partial charge in [-0.1, -0.05) is 19.3 Å². The Kier molecular flexibility index (Phi) is 4.88. The van der Waals surface area contributed by atoms with Crippen molar-refractivity contribution >= 4 is 5.91 Å². The second-order valence-electron chi connectivity index (χ2n) is 5.97. The molecule has 1 aliphatic rings. The summed E-state index contributed by atoms with van der Waals surface area (Å²) < 4.78 is 7.28. The first-order valence-electron chi connectivity index (χ1n) is 7.53. The number of aryl methyl sites for hydroxylation is 2. The average Bonchev–Trinajstić information content (AvgIpc) is 2.69. The molecule has 1 aromatic heterocycles. The molecule has 0 aromatic carbocycles. The number of nitrogens with zero attached hydrogens (tertiary/aromatic N) is 2. The molecule has 0 aliphatic heterocycles. The summed E-state index contributed by atoms with van der Waals surface area (Å²) in [4.78, 5) is 11.9. The van der Waals surface area contributed by atoms with Crippen molar-refractivity contribution in [3.63, 3.8) is 0 Å². The molecule has 0 spiro atoms. The molecule has 0 unspecified atom stereocenters. The van der Waals surface area contributed by atoms with Crippen LogP contribution in [0.5, 0.6) is 5.75 Å². The Hall–Kier alpha value is -1.56. The van der Waals surface area contributed by atoms with Crippen LogP contribution in [0.4, 0.5) is 0 Å². The first-order chi connectivity index (χ1) is 9.91. The van der Waals surface area contributed by atoms with Gasteiger partial charge in [-0.25, -0.2) is 0 Å². The minimum Gasteiger partial charge on any atom is -0.480 e. The number of rotatable bonds is 5. The normalized spacial score (nSPS) is 17.5. The monoisotopic (exact) mass is 295 g/mol. The summed E-state index contributed by atoms with van der Waals surface area (Å²) in [6.07, 6.45) is 4.73. The summed E-state index contributed by atoms with van der Waals surface area (Å²) in [5.41, 5.74) is 0.925. The van der Waals surface area contributed by atoms with E-state index in [4.69, 9.17) is 4.74 Å². The van der Waals surface area contributed by atoms with Crippen molar-refractivity contribution in [2.24, 2.45) is 7.05 Å². The zero-order valence-corrected chi connectivity index (χ0v) is 13.1. The van der Waals surface area contributed by atoms with Crippen molar-refractivity contribution < 1.29 is 14.6 Å². The van der Waals surface area contributed by atoms with Gasteiger partial charge in [-0.15, -0.1) is 0 Å². The molecule has 1 saturated carbocycles. The number of aromatic nitrogens is 2. The quantitative estimate of drug-likeness (QED) is 0.856. The van der Waals surface area contributed by atoms with Crippen LogP contribution in [0.3, 0.4) is 0 Å². The Labute approximate surface area is 125 Å². The second-order valence-corrected chi connectivity index (χ2v) is 5.97. The molecule has 1 aliphatic carbocycles. The van der Waals surface area contributed by atoms with Crippen LogP contribution in [-0.2, 0) is 11.8 Å². The van der Waals surface area contributed by atoms with Crippen LogP contribution in [-0.4, -0.2) is 39.5 Å². The summed E-state index contributed by atoms with van der Waals surface area (Å²) >= 11 is 0. The molecule has 0 atom stereocenters. The molecule has 2 rings (SSSR count). The van der Waals surface area contributed by atoms with Crippen LogP contribution in [0, 0.1) is 13.8 Å². The smallest absolute Gasteiger partial charge is 0.258 e.